The Balaban J connectivity index is 1.99. The molecule has 5 heteroatoms. The molecule has 1 amide bonds. The van der Waals surface area contributed by atoms with Crippen LogP contribution in [0.25, 0.3) is 0 Å². The van der Waals surface area contributed by atoms with E-state index in [0.29, 0.717) is 15.6 Å². The van der Waals surface area contributed by atoms with Crippen LogP contribution in [0, 0.1) is 5.82 Å². The Labute approximate surface area is 122 Å². The molecule has 0 saturated carbocycles. The second-order valence-electron chi connectivity index (χ2n) is 4.55. The van der Waals surface area contributed by atoms with Crippen LogP contribution in [-0.2, 0) is 11.2 Å². The lowest BCUT2D eigenvalue weighted by atomic mass is 10.0. The maximum absolute atomic E-state index is 13.0. The summed E-state index contributed by atoms with van der Waals surface area (Å²) in [6.07, 6.45) is 0.279. The molecule has 2 aromatic carbocycles. The first-order valence-corrected chi connectivity index (χ1v) is 6.76. The van der Waals surface area contributed by atoms with Crippen molar-refractivity contribution in [2.75, 3.05) is 5.32 Å². The van der Waals surface area contributed by atoms with Gasteiger partial charge in [-0.2, -0.15) is 0 Å². The average Bonchev–Trinajstić information content (AvgIpc) is 2.77. The fraction of sp³-hybridized carbons (Fsp3) is 0.0667. The van der Waals surface area contributed by atoms with Crippen LogP contribution in [0.1, 0.15) is 21.5 Å². The van der Waals surface area contributed by atoms with E-state index >= 15 is 0 Å². The van der Waals surface area contributed by atoms with E-state index in [2.05, 4.69) is 21.2 Å². The van der Waals surface area contributed by atoms with Gasteiger partial charge in [0, 0.05) is 21.3 Å². The summed E-state index contributed by atoms with van der Waals surface area (Å²) in [5.41, 5.74) is 2.42. The van der Waals surface area contributed by atoms with E-state index in [0.717, 1.165) is 11.3 Å². The van der Waals surface area contributed by atoms with Crippen LogP contribution in [0.2, 0.25) is 0 Å². The Bertz CT molecular complexity index is 743. The molecule has 0 aromatic heterocycles. The molecule has 0 fully saturated rings. The van der Waals surface area contributed by atoms with E-state index in [1.165, 1.54) is 18.2 Å². The molecule has 3 nitrogen and oxygen atoms in total. The minimum atomic E-state index is -0.405. The molecule has 0 radical (unpaired) electrons. The number of ketones is 1. The molecule has 0 bridgehead atoms. The first-order valence-electron chi connectivity index (χ1n) is 5.97. The van der Waals surface area contributed by atoms with Crippen molar-refractivity contribution >= 4 is 33.3 Å². The quantitative estimate of drug-likeness (QED) is 0.857. The molecule has 0 saturated heterocycles. The van der Waals surface area contributed by atoms with Gasteiger partial charge in [-0.05, 0) is 57.9 Å². The van der Waals surface area contributed by atoms with Crippen LogP contribution in [0.5, 0.6) is 0 Å². The Morgan fingerprint density at radius 3 is 2.75 bits per heavy atom. The zero-order valence-corrected chi connectivity index (χ0v) is 11.8. The van der Waals surface area contributed by atoms with Crippen LogP contribution >= 0.6 is 15.9 Å². The Morgan fingerprint density at radius 1 is 1.20 bits per heavy atom. The van der Waals surface area contributed by atoms with E-state index in [1.54, 1.807) is 18.2 Å². The highest BCUT2D eigenvalue weighted by Gasteiger charge is 2.20. The fourth-order valence-corrected chi connectivity index (χ4v) is 2.73. The van der Waals surface area contributed by atoms with Crippen molar-refractivity contribution in [3.8, 4) is 0 Å². The molecule has 1 aliphatic rings. The molecular formula is C15H9BrFNO2. The zero-order valence-electron chi connectivity index (χ0n) is 10.2. The van der Waals surface area contributed by atoms with Gasteiger partial charge in [0.25, 0.3) is 0 Å². The maximum Gasteiger partial charge on any atom is 0.228 e. The third-order valence-electron chi connectivity index (χ3n) is 3.17. The lowest BCUT2D eigenvalue weighted by Crippen LogP contribution is -2.03. The van der Waals surface area contributed by atoms with Gasteiger partial charge < -0.3 is 5.32 Å². The molecule has 0 spiro atoms. The maximum atomic E-state index is 13.0. The molecular weight excluding hydrogens is 325 g/mol. The third kappa shape index (κ3) is 2.25. The summed E-state index contributed by atoms with van der Waals surface area (Å²) in [6, 6.07) is 9.01. The number of hydrogen-bond donors (Lipinski definition) is 1. The fourth-order valence-electron chi connectivity index (χ4n) is 2.20. The predicted octanol–water partition coefficient (Wildman–Crippen LogP) is 3.31. The molecule has 100 valence electrons. The van der Waals surface area contributed by atoms with Gasteiger partial charge >= 0.3 is 0 Å². The summed E-state index contributed by atoms with van der Waals surface area (Å²) >= 11 is 3.19. The summed E-state index contributed by atoms with van der Waals surface area (Å²) < 4.78 is 13.5. The lowest BCUT2D eigenvalue weighted by molar-refractivity contribution is -0.115. The van der Waals surface area contributed by atoms with E-state index < -0.39 is 5.82 Å². The van der Waals surface area contributed by atoms with Crippen molar-refractivity contribution in [2.24, 2.45) is 0 Å². The topological polar surface area (TPSA) is 46.2 Å². The van der Waals surface area contributed by atoms with E-state index in [4.69, 9.17) is 0 Å². The van der Waals surface area contributed by atoms with E-state index in [9.17, 15) is 14.0 Å². The Morgan fingerprint density at radius 2 is 2.00 bits per heavy atom. The molecule has 3 rings (SSSR count). The van der Waals surface area contributed by atoms with Gasteiger partial charge in [0.2, 0.25) is 5.91 Å². The van der Waals surface area contributed by atoms with Crippen molar-refractivity contribution in [1.29, 1.82) is 0 Å². The molecule has 0 aliphatic carbocycles. The summed E-state index contributed by atoms with van der Waals surface area (Å²) in [7, 11) is 0. The SMILES string of the molecule is O=C1Cc2cc(C(=O)c3ccc(F)cc3Br)ccc2N1. The molecule has 2 aromatic rings. The van der Waals surface area contributed by atoms with Crippen molar-refractivity contribution in [2.45, 2.75) is 6.42 Å². The zero-order chi connectivity index (χ0) is 14.3. The average molecular weight is 334 g/mol. The van der Waals surface area contributed by atoms with Crippen LogP contribution in [-0.4, -0.2) is 11.7 Å². The van der Waals surface area contributed by atoms with Crippen LogP contribution in [0.4, 0.5) is 10.1 Å². The van der Waals surface area contributed by atoms with Gasteiger partial charge in [-0.25, -0.2) is 4.39 Å². The van der Waals surface area contributed by atoms with Crippen molar-refractivity contribution in [1.82, 2.24) is 0 Å². The van der Waals surface area contributed by atoms with Crippen molar-refractivity contribution in [3.63, 3.8) is 0 Å². The molecule has 1 heterocycles. The molecule has 20 heavy (non-hydrogen) atoms. The molecule has 0 atom stereocenters. The Kier molecular flexibility index (Phi) is 3.14. The van der Waals surface area contributed by atoms with Crippen LogP contribution < -0.4 is 5.32 Å². The number of carbonyl (C=O) groups excluding carboxylic acids is 2. The van der Waals surface area contributed by atoms with E-state index in [1.807, 2.05) is 0 Å². The number of amides is 1. The smallest absolute Gasteiger partial charge is 0.228 e. The molecule has 1 N–H and O–H groups in total. The van der Waals surface area contributed by atoms with Gasteiger partial charge in [-0.3, -0.25) is 9.59 Å². The number of halogens is 2. The van der Waals surface area contributed by atoms with E-state index in [-0.39, 0.29) is 18.1 Å². The lowest BCUT2D eigenvalue weighted by Gasteiger charge is -2.06. The number of fused-ring (bicyclic) bond motifs is 1. The summed E-state index contributed by atoms with van der Waals surface area (Å²) in [5.74, 6) is -0.691. The standard InChI is InChI=1S/C15H9BrFNO2/c16-12-7-10(17)2-3-11(12)15(20)8-1-4-13-9(5-8)6-14(19)18-13/h1-5,7H,6H2,(H,18,19). The molecule has 0 unspecified atom stereocenters. The molecule has 1 aliphatic heterocycles. The van der Waals surface area contributed by atoms with Crippen molar-refractivity contribution in [3.05, 3.63) is 63.4 Å². The highest BCUT2D eigenvalue weighted by Crippen LogP contribution is 2.27. The van der Waals surface area contributed by atoms with Gasteiger partial charge in [-0.15, -0.1) is 0 Å². The number of hydrogen-bond acceptors (Lipinski definition) is 2. The number of nitrogens with one attached hydrogen (secondary N) is 1. The number of carbonyl (C=O) groups is 2. The minimum absolute atomic E-state index is 0.0763. The van der Waals surface area contributed by atoms with Gasteiger partial charge in [0.1, 0.15) is 5.82 Å². The normalized spacial score (nSPS) is 13.0. The van der Waals surface area contributed by atoms with Crippen LogP contribution in [0.15, 0.2) is 40.9 Å². The number of rotatable bonds is 2. The second-order valence-corrected chi connectivity index (χ2v) is 5.40. The number of benzene rings is 2. The monoisotopic (exact) mass is 333 g/mol. The van der Waals surface area contributed by atoms with Crippen molar-refractivity contribution < 1.29 is 14.0 Å². The van der Waals surface area contributed by atoms with Gasteiger partial charge in [0.05, 0.1) is 6.42 Å². The summed E-state index contributed by atoms with van der Waals surface area (Å²) in [5, 5.41) is 2.71. The number of anilines is 1. The first kappa shape index (κ1) is 13.0. The Hall–Kier alpha value is -2.01. The predicted molar refractivity (Wildman–Crippen MR) is 76.3 cm³/mol. The highest BCUT2D eigenvalue weighted by atomic mass is 79.9. The van der Waals surface area contributed by atoms with Crippen LogP contribution in [0.3, 0.4) is 0 Å². The first-order chi connectivity index (χ1) is 9.54. The summed E-state index contributed by atoms with van der Waals surface area (Å²) in [4.78, 5) is 23.7. The second kappa shape index (κ2) is 4.83. The summed E-state index contributed by atoms with van der Waals surface area (Å²) in [6.45, 7) is 0. The van der Waals surface area contributed by atoms with Gasteiger partial charge in [0.15, 0.2) is 5.78 Å². The largest absolute Gasteiger partial charge is 0.326 e. The third-order valence-corrected chi connectivity index (χ3v) is 3.82. The minimum Gasteiger partial charge on any atom is -0.326 e. The van der Waals surface area contributed by atoms with Gasteiger partial charge in [-0.1, -0.05) is 0 Å². The highest BCUT2D eigenvalue weighted by molar-refractivity contribution is 9.10.